The minimum atomic E-state index is -1.44. The Labute approximate surface area is 414 Å². The molecule has 4 aliphatic heterocycles. The predicted octanol–water partition coefficient (Wildman–Crippen LogP) is 0.359. The fourth-order valence-corrected chi connectivity index (χ4v) is 10.9. The molecule has 304 valence electrons. The molecule has 21 heteroatoms. The van der Waals surface area contributed by atoms with E-state index in [1.807, 2.05) is 13.8 Å². The predicted molar refractivity (Wildman–Crippen MR) is 201 cm³/mol. The summed E-state index contributed by atoms with van der Waals surface area (Å²) in [5.41, 5.74) is 0.437. The Morgan fingerprint density at radius 3 is 1.41 bits per heavy atom. The Bertz CT molecular complexity index is 2000. The molecular formula is C37H42Ac2N6O11S2. The number of hydrogen-bond donors (Lipinski definition) is 6. The van der Waals surface area contributed by atoms with Crippen LogP contribution in [0.15, 0.2) is 48.5 Å². The minimum Gasteiger partial charge on any atom is -0.508 e. The summed E-state index contributed by atoms with van der Waals surface area (Å²) in [4.78, 5) is 108. The average Bonchev–Trinajstić information content (AvgIpc) is 3.55. The number of carbonyl (C=O) groups excluding carboxylic acids is 8. The van der Waals surface area contributed by atoms with Crippen molar-refractivity contribution in [3.8, 4) is 11.5 Å². The van der Waals surface area contributed by atoms with E-state index in [4.69, 9.17) is 4.74 Å². The van der Waals surface area contributed by atoms with Crippen molar-refractivity contribution in [3.05, 3.63) is 59.7 Å². The van der Waals surface area contributed by atoms with Gasteiger partial charge >= 0.3 is 5.97 Å². The second-order valence-corrected chi connectivity index (χ2v) is 18.5. The number of hydrogen-bond acceptors (Lipinski definition) is 13. The number of rotatable bonds is 12. The number of fused-ring (bicyclic) bond motifs is 2. The van der Waals surface area contributed by atoms with Crippen molar-refractivity contribution >= 4 is 70.7 Å². The van der Waals surface area contributed by atoms with Crippen LogP contribution in [0.2, 0.25) is 0 Å². The molecule has 6 N–H and O–H groups in total. The maximum atomic E-state index is 13.8. The first-order chi connectivity index (χ1) is 26.2. The van der Waals surface area contributed by atoms with Gasteiger partial charge in [-0.2, -0.15) is 0 Å². The standard InChI is InChI=1S/C37H42N6O11S2.2Ac/c1-16(44)27-36(2,3)55-33-25(31(51)42(27)33)40-29(49)23(17-7-11-19(45)12-8-17)38-21(47)15-22(48)39-24(18-9-13-20(46)14-10-18)30(50)41-26-32(52)43-28(35(53)54-6)37(4,5)56-34(26)43;;/h7-14,23-28,33-34,45-46H,15H2,1-6H3,(H,38,47)(H,39,48)(H,40,49)(H,41,50);;/t23-,24+,25?,26?,27-,28+,33?,34?;;/m1../s1. The topological polar surface area (TPSA) is 241 Å². The Kier molecular flexibility index (Phi) is 15.5. The molecule has 0 aliphatic carbocycles. The van der Waals surface area contributed by atoms with E-state index in [0.29, 0.717) is 0 Å². The Balaban J connectivity index is 0.00000372. The van der Waals surface area contributed by atoms with Gasteiger partial charge in [-0.05, 0) is 70.0 Å². The minimum absolute atomic E-state index is 0. The summed E-state index contributed by atoms with van der Waals surface area (Å²) in [7, 11) is 1.22. The number of benzene rings is 2. The van der Waals surface area contributed by atoms with E-state index in [-0.39, 0.29) is 117 Å². The average molecular weight is 1260 g/mol. The normalized spacial score (nSPS) is 25.4. The number of esters is 1. The fraction of sp³-hybridized carbons (Fsp3) is 0.459. The number of thioether (sulfide) groups is 2. The first kappa shape index (κ1) is 48.3. The number of methoxy groups -OCH3 is 1. The van der Waals surface area contributed by atoms with E-state index < -0.39 is 104 Å². The molecule has 0 saturated carbocycles. The molecule has 2 aromatic carbocycles. The van der Waals surface area contributed by atoms with Crippen LogP contribution < -0.4 is 21.3 Å². The van der Waals surface area contributed by atoms with Crippen molar-refractivity contribution in [1.82, 2.24) is 31.1 Å². The van der Waals surface area contributed by atoms with Gasteiger partial charge in [-0.1, -0.05) is 24.3 Å². The van der Waals surface area contributed by atoms with Gasteiger partial charge < -0.3 is 46.0 Å². The quantitative estimate of drug-likeness (QED) is 0.0958. The maximum Gasteiger partial charge on any atom is 0.330 e. The molecule has 6 amide bonds. The number of phenols is 2. The van der Waals surface area contributed by atoms with Crippen LogP contribution >= 0.6 is 23.5 Å². The van der Waals surface area contributed by atoms with Gasteiger partial charge in [0.25, 0.3) is 0 Å². The second-order valence-electron chi connectivity index (χ2n) is 15.0. The molecule has 58 heavy (non-hydrogen) atoms. The fourth-order valence-electron chi connectivity index (χ4n) is 7.63. The number of β-lactam (4-membered cyclic amide) rings is 2. The number of ether oxygens (including phenoxy) is 1. The van der Waals surface area contributed by atoms with E-state index in [0.717, 1.165) is 0 Å². The van der Waals surface area contributed by atoms with Crippen molar-refractivity contribution in [1.29, 1.82) is 0 Å². The molecule has 4 saturated heterocycles. The largest absolute Gasteiger partial charge is 0.508 e. The number of nitrogens with one attached hydrogen (secondary N) is 4. The number of amides is 6. The molecule has 17 nitrogen and oxygen atoms in total. The van der Waals surface area contributed by atoms with Crippen LogP contribution in [0.25, 0.3) is 0 Å². The third-order valence-corrected chi connectivity index (χ3v) is 13.3. The number of nitrogens with zero attached hydrogens (tertiary/aromatic N) is 2. The first-order valence-corrected chi connectivity index (χ1v) is 19.4. The molecule has 4 aliphatic rings. The number of aromatic hydroxyl groups is 2. The number of Topliss-reactive ketones (excluding diaryl/α,β-unsaturated/α-hetero) is 1. The Morgan fingerprint density at radius 1 is 0.690 bits per heavy atom. The monoisotopic (exact) mass is 1260 g/mol. The molecule has 8 atom stereocenters. The molecular weight excluding hydrogens is 1220 g/mol. The van der Waals surface area contributed by atoms with Gasteiger partial charge in [0.15, 0.2) is 5.78 Å². The maximum absolute atomic E-state index is 13.8. The van der Waals surface area contributed by atoms with Crippen LogP contribution in [-0.2, 0) is 43.1 Å². The van der Waals surface area contributed by atoms with Gasteiger partial charge in [-0.3, -0.25) is 33.6 Å². The van der Waals surface area contributed by atoms with Crippen molar-refractivity contribution in [3.63, 3.8) is 0 Å². The van der Waals surface area contributed by atoms with Gasteiger partial charge in [0.05, 0.1) is 7.11 Å². The van der Waals surface area contributed by atoms with Crippen LogP contribution in [0, 0.1) is 88.1 Å². The van der Waals surface area contributed by atoms with Crippen molar-refractivity contribution in [2.24, 2.45) is 0 Å². The van der Waals surface area contributed by atoms with Crippen molar-refractivity contribution in [2.45, 2.75) is 97.5 Å². The number of carbonyl (C=O) groups is 8. The van der Waals surface area contributed by atoms with Gasteiger partial charge in [-0.15, -0.1) is 23.5 Å². The molecule has 0 aromatic heterocycles. The molecule has 2 aromatic rings. The van der Waals surface area contributed by atoms with Gasteiger partial charge in [0.2, 0.25) is 35.4 Å². The summed E-state index contributed by atoms with van der Waals surface area (Å²) >= 11 is 2.68. The Hall–Kier alpha value is -2.42. The van der Waals surface area contributed by atoms with Crippen LogP contribution in [0.3, 0.4) is 0 Å². The summed E-state index contributed by atoms with van der Waals surface area (Å²) in [5, 5.41) is 28.9. The third-order valence-electron chi connectivity index (χ3n) is 10.2. The molecule has 2 radical (unpaired) electrons. The van der Waals surface area contributed by atoms with Crippen molar-refractivity contribution < 1.29 is 141 Å². The van der Waals surface area contributed by atoms with Crippen LogP contribution in [0.1, 0.15) is 64.3 Å². The Morgan fingerprint density at radius 2 is 1.05 bits per heavy atom. The van der Waals surface area contributed by atoms with Gasteiger partial charge in [-0.25, -0.2) is 4.79 Å². The summed E-state index contributed by atoms with van der Waals surface area (Å²) in [5.74, 6) is -5.44. The zero-order valence-electron chi connectivity index (χ0n) is 32.4. The SMILES string of the molecule is COC(=O)[C@@H]1N2C(=O)C(NC(=O)[C@@H](NC(=O)CC(=O)N[C@@H](C(=O)NC3C(=O)N4C3SC(C)(C)[C@H]4C(C)=O)c3ccc(O)cc3)c3ccc(O)cc3)C2SC1(C)C.[Ac].[Ac]. The first-order valence-electron chi connectivity index (χ1n) is 17.6. The smallest absolute Gasteiger partial charge is 0.330 e. The second kappa shape index (κ2) is 18.7. The zero-order chi connectivity index (χ0) is 41.0. The summed E-state index contributed by atoms with van der Waals surface area (Å²) in [6.07, 6.45) is -0.865. The van der Waals surface area contributed by atoms with E-state index >= 15 is 0 Å². The van der Waals surface area contributed by atoms with Crippen LogP contribution in [0.4, 0.5) is 0 Å². The molecule has 4 heterocycles. The summed E-state index contributed by atoms with van der Waals surface area (Å²) in [6, 6.07) is 4.27. The summed E-state index contributed by atoms with van der Waals surface area (Å²) < 4.78 is 3.57. The van der Waals surface area contributed by atoms with E-state index in [1.165, 1.54) is 95.9 Å². The van der Waals surface area contributed by atoms with E-state index in [9.17, 15) is 48.6 Å². The number of ketones is 1. The molecule has 4 unspecified atom stereocenters. The van der Waals surface area contributed by atoms with E-state index in [2.05, 4.69) is 21.3 Å². The molecule has 0 bridgehead atoms. The zero-order valence-corrected chi connectivity index (χ0v) is 43.5. The molecule has 0 spiro atoms. The van der Waals surface area contributed by atoms with Gasteiger partial charge in [0, 0.05) is 97.6 Å². The summed E-state index contributed by atoms with van der Waals surface area (Å²) in [6.45, 7) is 8.65. The van der Waals surface area contributed by atoms with Crippen LogP contribution in [-0.4, -0.2) is 119 Å². The molecule has 6 rings (SSSR count). The van der Waals surface area contributed by atoms with Gasteiger partial charge in [0.1, 0.15) is 64.9 Å². The van der Waals surface area contributed by atoms with Crippen molar-refractivity contribution in [2.75, 3.05) is 7.11 Å². The van der Waals surface area contributed by atoms with Crippen LogP contribution in [0.5, 0.6) is 11.5 Å². The number of phenolic OH excluding ortho intramolecular Hbond substituents is 2. The third kappa shape index (κ3) is 9.39. The van der Waals surface area contributed by atoms with E-state index in [1.54, 1.807) is 13.8 Å². The molecule has 4 fully saturated rings.